The number of nitrogens with zero attached hydrogens (tertiary/aromatic N) is 1. The molecule has 1 aliphatic rings. The summed E-state index contributed by atoms with van der Waals surface area (Å²) >= 11 is 0. The third kappa shape index (κ3) is 2.91. The first-order valence-electron chi connectivity index (χ1n) is 6.85. The molecule has 3 nitrogen and oxygen atoms in total. The second-order valence-corrected chi connectivity index (χ2v) is 4.56. The van der Waals surface area contributed by atoms with Gasteiger partial charge in [-0.2, -0.15) is 0 Å². The lowest BCUT2D eigenvalue weighted by atomic mass is 9.99. The van der Waals surface area contributed by atoms with E-state index in [-0.39, 0.29) is 6.04 Å². The number of nitrogens with one attached hydrogen (secondary N) is 1. The molecule has 0 bridgehead atoms. The molecule has 1 aliphatic heterocycles. The first-order valence-corrected chi connectivity index (χ1v) is 6.85. The number of hydrogen-bond donors (Lipinski definition) is 1. The zero-order valence-corrected chi connectivity index (χ0v) is 11.3. The minimum atomic E-state index is 0.186. The van der Waals surface area contributed by atoms with Crippen LogP contribution in [0.2, 0.25) is 0 Å². The van der Waals surface area contributed by atoms with Gasteiger partial charge < -0.3 is 10.1 Å². The van der Waals surface area contributed by atoms with E-state index in [4.69, 9.17) is 4.74 Å². The molecule has 3 heteroatoms. The summed E-state index contributed by atoms with van der Waals surface area (Å²) in [6.07, 6.45) is 9.17. The Morgan fingerprint density at radius 1 is 1.44 bits per heavy atom. The number of aryl methyl sites for hydroxylation is 1. The van der Waals surface area contributed by atoms with E-state index in [0.29, 0.717) is 0 Å². The van der Waals surface area contributed by atoms with Crippen LogP contribution in [0.25, 0.3) is 0 Å². The van der Waals surface area contributed by atoms with E-state index in [1.54, 1.807) is 0 Å². The summed E-state index contributed by atoms with van der Waals surface area (Å²) in [4.78, 5) is 4.22. The van der Waals surface area contributed by atoms with Crippen LogP contribution in [0.4, 0.5) is 0 Å². The van der Waals surface area contributed by atoms with Crippen LogP contribution in [-0.4, -0.2) is 18.1 Å². The van der Waals surface area contributed by atoms with Gasteiger partial charge in [0.2, 0.25) is 0 Å². The van der Waals surface area contributed by atoms with Crippen molar-refractivity contribution in [2.75, 3.05) is 13.2 Å². The van der Waals surface area contributed by atoms with Crippen LogP contribution in [0.1, 0.15) is 43.9 Å². The van der Waals surface area contributed by atoms with Crippen molar-refractivity contribution in [3.63, 3.8) is 0 Å². The lowest BCUT2D eigenvalue weighted by molar-refractivity contribution is 0.215. The van der Waals surface area contributed by atoms with Crippen LogP contribution in [-0.2, 0) is 11.2 Å². The highest BCUT2D eigenvalue weighted by Crippen LogP contribution is 2.28. The molecule has 0 spiro atoms. The highest BCUT2D eigenvalue weighted by molar-refractivity contribution is 5.32. The Morgan fingerprint density at radius 2 is 2.33 bits per heavy atom. The lowest BCUT2D eigenvalue weighted by Gasteiger charge is -2.22. The Hall–Kier alpha value is -1.35. The van der Waals surface area contributed by atoms with Gasteiger partial charge in [-0.05, 0) is 42.7 Å². The van der Waals surface area contributed by atoms with Crippen LogP contribution in [0.15, 0.2) is 30.3 Å². The summed E-state index contributed by atoms with van der Waals surface area (Å²) in [5, 5.41) is 3.58. The maximum absolute atomic E-state index is 5.74. The van der Waals surface area contributed by atoms with Gasteiger partial charge in [0, 0.05) is 18.8 Å². The Labute approximate surface area is 109 Å². The molecular weight excluding hydrogens is 224 g/mol. The third-order valence-corrected chi connectivity index (χ3v) is 3.25. The molecule has 0 fully saturated rings. The molecule has 98 valence electrons. The summed E-state index contributed by atoms with van der Waals surface area (Å²) in [7, 11) is 0. The summed E-state index contributed by atoms with van der Waals surface area (Å²) in [5.74, 6) is 1.07. The zero-order chi connectivity index (χ0) is 12.8. The second-order valence-electron chi connectivity index (χ2n) is 4.56. The van der Waals surface area contributed by atoms with E-state index in [9.17, 15) is 0 Å². The molecule has 1 N–H and O–H groups in total. The average molecular weight is 246 g/mol. The highest BCUT2D eigenvalue weighted by atomic mass is 16.5. The molecule has 0 aromatic carbocycles. The van der Waals surface area contributed by atoms with Crippen LogP contribution in [0.3, 0.4) is 0 Å². The molecule has 18 heavy (non-hydrogen) atoms. The average Bonchev–Trinajstić information content (AvgIpc) is 2.94. The topological polar surface area (TPSA) is 34.1 Å². The van der Waals surface area contributed by atoms with Gasteiger partial charge in [0.15, 0.2) is 0 Å². The summed E-state index contributed by atoms with van der Waals surface area (Å²) in [6, 6.07) is 2.29. The molecule has 1 unspecified atom stereocenters. The fraction of sp³-hybridized carbons (Fsp3) is 0.533. The summed E-state index contributed by atoms with van der Waals surface area (Å²) < 4.78 is 5.74. The maximum atomic E-state index is 5.74. The molecule has 1 aromatic rings. The molecule has 0 amide bonds. The second kappa shape index (κ2) is 6.55. The van der Waals surface area contributed by atoms with Gasteiger partial charge in [-0.1, -0.05) is 13.8 Å². The van der Waals surface area contributed by atoms with Crippen LogP contribution >= 0.6 is 0 Å². The van der Waals surface area contributed by atoms with E-state index in [1.165, 1.54) is 11.1 Å². The largest absolute Gasteiger partial charge is 0.496 e. The van der Waals surface area contributed by atoms with Crippen molar-refractivity contribution >= 4 is 0 Å². The molecular formula is C15H22N2O. The van der Waals surface area contributed by atoms with Crippen molar-refractivity contribution in [3.8, 4) is 0 Å². The SMILES string of the molecule is CCCNC(C1=CCCO1)c1ccncc1CC. The molecule has 2 heterocycles. The first-order chi connectivity index (χ1) is 8.86. The molecule has 0 radical (unpaired) electrons. The molecule has 1 aromatic heterocycles. The van der Waals surface area contributed by atoms with Crippen LogP contribution < -0.4 is 5.32 Å². The van der Waals surface area contributed by atoms with Crippen molar-refractivity contribution in [3.05, 3.63) is 41.4 Å². The van der Waals surface area contributed by atoms with Gasteiger partial charge in [-0.3, -0.25) is 4.98 Å². The van der Waals surface area contributed by atoms with Crippen LogP contribution in [0.5, 0.6) is 0 Å². The van der Waals surface area contributed by atoms with Gasteiger partial charge >= 0.3 is 0 Å². The third-order valence-electron chi connectivity index (χ3n) is 3.25. The summed E-state index contributed by atoms with van der Waals surface area (Å²) in [6.45, 7) is 6.16. The number of ether oxygens (including phenoxy) is 1. The van der Waals surface area contributed by atoms with Gasteiger partial charge in [0.25, 0.3) is 0 Å². The van der Waals surface area contributed by atoms with Crippen molar-refractivity contribution in [2.45, 2.75) is 39.2 Å². The van der Waals surface area contributed by atoms with Crippen molar-refractivity contribution in [1.82, 2.24) is 10.3 Å². The fourth-order valence-electron chi connectivity index (χ4n) is 2.31. The quantitative estimate of drug-likeness (QED) is 0.838. The normalized spacial score (nSPS) is 16.2. The molecule has 1 atom stereocenters. The Morgan fingerprint density at radius 3 is 3.00 bits per heavy atom. The van der Waals surface area contributed by atoms with Gasteiger partial charge in [0.05, 0.1) is 12.6 Å². The number of rotatable bonds is 6. The smallest absolute Gasteiger partial charge is 0.114 e. The van der Waals surface area contributed by atoms with Gasteiger partial charge in [-0.25, -0.2) is 0 Å². The van der Waals surface area contributed by atoms with E-state index in [0.717, 1.165) is 38.2 Å². The molecule has 2 rings (SSSR count). The van der Waals surface area contributed by atoms with Crippen LogP contribution in [0, 0.1) is 0 Å². The zero-order valence-electron chi connectivity index (χ0n) is 11.3. The maximum Gasteiger partial charge on any atom is 0.114 e. The lowest BCUT2D eigenvalue weighted by Crippen LogP contribution is -2.25. The Bertz CT molecular complexity index is 415. The number of pyridine rings is 1. The van der Waals surface area contributed by atoms with E-state index < -0.39 is 0 Å². The predicted molar refractivity (Wildman–Crippen MR) is 73.3 cm³/mol. The predicted octanol–water partition coefficient (Wildman–Crippen LogP) is 2.99. The number of aromatic nitrogens is 1. The fourth-order valence-corrected chi connectivity index (χ4v) is 2.31. The molecule has 0 saturated heterocycles. The van der Waals surface area contributed by atoms with Gasteiger partial charge in [-0.15, -0.1) is 0 Å². The van der Waals surface area contributed by atoms with E-state index in [1.807, 2.05) is 12.4 Å². The van der Waals surface area contributed by atoms with E-state index in [2.05, 4.69) is 36.3 Å². The Balaban J connectivity index is 2.26. The minimum Gasteiger partial charge on any atom is -0.496 e. The first kappa shape index (κ1) is 13.1. The monoisotopic (exact) mass is 246 g/mol. The standard InChI is InChI=1S/C15H22N2O/c1-3-8-17-15(14-6-5-10-18-14)13-7-9-16-11-12(13)4-2/h6-7,9,11,15,17H,3-5,8,10H2,1-2H3. The molecule has 0 aliphatic carbocycles. The molecule has 0 saturated carbocycles. The Kier molecular flexibility index (Phi) is 4.76. The van der Waals surface area contributed by atoms with E-state index >= 15 is 0 Å². The number of hydrogen-bond acceptors (Lipinski definition) is 3. The minimum absolute atomic E-state index is 0.186. The van der Waals surface area contributed by atoms with Crippen molar-refractivity contribution in [1.29, 1.82) is 0 Å². The van der Waals surface area contributed by atoms with Crippen molar-refractivity contribution < 1.29 is 4.74 Å². The van der Waals surface area contributed by atoms with Gasteiger partial charge in [0.1, 0.15) is 5.76 Å². The van der Waals surface area contributed by atoms with Crippen molar-refractivity contribution in [2.24, 2.45) is 0 Å². The summed E-state index contributed by atoms with van der Waals surface area (Å²) in [5.41, 5.74) is 2.59. The highest BCUT2D eigenvalue weighted by Gasteiger charge is 2.22.